The largest absolute Gasteiger partial charge is 0.459 e. The lowest BCUT2D eigenvalue weighted by atomic mass is 10.2. The van der Waals surface area contributed by atoms with Crippen molar-refractivity contribution in [2.45, 2.75) is 6.54 Å². The Morgan fingerprint density at radius 3 is 2.65 bits per heavy atom. The van der Waals surface area contributed by atoms with E-state index in [0.29, 0.717) is 22.5 Å². The van der Waals surface area contributed by atoms with Crippen molar-refractivity contribution in [1.82, 2.24) is 10.3 Å². The van der Waals surface area contributed by atoms with Gasteiger partial charge >= 0.3 is 0 Å². The standard InChI is InChI=1S/C17H14ClN3OS/c18-13-6-4-12(5-7-13)15-9-8-14(22-15)11-20-17(23)21-16-3-1-2-10-19-16/h1-10H,11H2,(H2,19,20,21,23). The third-order valence-electron chi connectivity index (χ3n) is 3.12. The first-order valence-electron chi connectivity index (χ1n) is 7.01. The summed E-state index contributed by atoms with van der Waals surface area (Å²) in [4.78, 5) is 4.15. The molecular weight excluding hydrogens is 330 g/mol. The van der Waals surface area contributed by atoms with Gasteiger partial charge in [-0.3, -0.25) is 0 Å². The van der Waals surface area contributed by atoms with Crippen LogP contribution in [0.2, 0.25) is 5.02 Å². The minimum atomic E-state index is 0.492. The predicted octanol–water partition coefficient (Wildman–Crippen LogP) is 4.48. The lowest BCUT2D eigenvalue weighted by Crippen LogP contribution is -2.28. The molecule has 0 aliphatic rings. The summed E-state index contributed by atoms with van der Waals surface area (Å²) < 4.78 is 5.80. The van der Waals surface area contributed by atoms with Crippen LogP contribution in [0.5, 0.6) is 0 Å². The molecule has 0 fully saturated rings. The Morgan fingerprint density at radius 1 is 1.09 bits per heavy atom. The summed E-state index contributed by atoms with van der Waals surface area (Å²) >= 11 is 11.1. The molecule has 0 radical (unpaired) electrons. The summed E-state index contributed by atoms with van der Waals surface area (Å²) in [5.74, 6) is 2.29. The van der Waals surface area contributed by atoms with Crippen LogP contribution in [0, 0.1) is 0 Å². The number of hydrogen-bond donors (Lipinski definition) is 2. The second-order valence-corrected chi connectivity index (χ2v) is 5.64. The van der Waals surface area contributed by atoms with Crippen LogP contribution >= 0.6 is 23.8 Å². The van der Waals surface area contributed by atoms with Crippen LogP contribution in [-0.2, 0) is 6.54 Å². The molecule has 0 aliphatic carbocycles. The van der Waals surface area contributed by atoms with Gasteiger partial charge in [-0.2, -0.15) is 0 Å². The van der Waals surface area contributed by atoms with E-state index in [1.807, 2.05) is 54.6 Å². The molecule has 0 aliphatic heterocycles. The lowest BCUT2D eigenvalue weighted by Gasteiger charge is -2.08. The molecule has 0 atom stereocenters. The molecule has 6 heteroatoms. The van der Waals surface area contributed by atoms with Crippen LogP contribution < -0.4 is 10.6 Å². The molecule has 4 nitrogen and oxygen atoms in total. The smallest absolute Gasteiger partial charge is 0.172 e. The molecule has 2 heterocycles. The Labute approximate surface area is 144 Å². The highest BCUT2D eigenvalue weighted by atomic mass is 35.5. The summed E-state index contributed by atoms with van der Waals surface area (Å²) in [5.41, 5.74) is 0.981. The molecule has 2 N–H and O–H groups in total. The second kappa shape index (κ2) is 7.26. The molecule has 0 unspecified atom stereocenters. The van der Waals surface area contributed by atoms with Gasteiger partial charge in [0.05, 0.1) is 6.54 Å². The van der Waals surface area contributed by atoms with Crippen LogP contribution in [-0.4, -0.2) is 10.1 Å². The molecule has 2 aromatic heterocycles. The maximum Gasteiger partial charge on any atom is 0.172 e. The monoisotopic (exact) mass is 343 g/mol. The number of halogens is 1. The molecule has 0 bridgehead atoms. The number of nitrogens with one attached hydrogen (secondary N) is 2. The quantitative estimate of drug-likeness (QED) is 0.684. The fourth-order valence-electron chi connectivity index (χ4n) is 2.01. The summed E-state index contributed by atoms with van der Waals surface area (Å²) in [6.45, 7) is 0.492. The molecule has 0 amide bonds. The zero-order chi connectivity index (χ0) is 16.1. The van der Waals surface area contributed by atoms with Gasteiger partial charge < -0.3 is 15.1 Å². The molecule has 0 spiro atoms. The van der Waals surface area contributed by atoms with Crippen molar-refractivity contribution >= 4 is 34.7 Å². The van der Waals surface area contributed by atoms with E-state index in [0.717, 1.165) is 17.1 Å². The Balaban J connectivity index is 1.57. The number of aromatic nitrogens is 1. The molecule has 3 aromatic rings. The van der Waals surface area contributed by atoms with Crippen LogP contribution in [0.15, 0.2) is 65.2 Å². The summed E-state index contributed by atoms with van der Waals surface area (Å²) in [6, 6.07) is 16.9. The van der Waals surface area contributed by atoms with Gasteiger partial charge in [0.1, 0.15) is 17.3 Å². The van der Waals surface area contributed by atoms with Crippen molar-refractivity contribution in [1.29, 1.82) is 0 Å². The minimum absolute atomic E-state index is 0.492. The fraction of sp³-hybridized carbons (Fsp3) is 0.0588. The Bertz CT molecular complexity index is 787. The van der Waals surface area contributed by atoms with Gasteiger partial charge in [0.25, 0.3) is 0 Å². The van der Waals surface area contributed by atoms with E-state index < -0.39 is 0 Å². The topological polar surface area (TPSA) is 50.1 Å². The zero-order valence-corrected chi connectivity index (χ0v) is 13.7. The van der Waals surface area contributed by atoms with Crippen LogP contribution in [0.3, 0.4) is 0 Å². The summed E-state index contributed by atoms with van der Waals surface area (Å²) in [7, 11) is 0. The van der Waals surface area contributed by atoms with Crippen LogP contribution in [0.1, 0.15) is 5.76 Å². The maximum absolute atomic E-state index is 5.89. The number of benzene rings is 1. The van der Waals surface area contributed by atoms with Crippen LogP contribution in [0.25, 0.3) is 11.3 Å². The molecule has 3 rings (SSSR count). The van der Waals surface area contributed by atoms with Crippen molar-refractivity contribution in [2.24, 2.45) is 0 Å². The SMILES string of the molecule is S=C(NCc1ccc(-c2ccc(Cl)cc2)o1)Nc1ccccn1. The highest BCUT2D eigenvalue weighted by Crippen LogP contribution is 2.23. The molecule has 1 aromatic carbocycles. The Kier molecular flexibility index (Phi) is 4.90. The number of furan rings is 1. The average Bonchev–Trinajstić information content (AvgIpc) is 3.04. The Hall–Kier alpha value is -2.37. The summed E-state index contributed by atoms with van der Waals surface area (Å²) in [6.07, 6.45) is 1.70. The first kappa shape index (κ1) is 15.5. The van der Waals surface area contributed by atoms with Gasteiger partial charge in [0, 0.05) is 16.8 Å². The van der Waals surface area contributed by atoms with E-state index in [1.165, 1.54) is 0 Å². The van der Waals surface area contributed by atoms with Gasteiger partial charge in [0.2, 0.25) is 0 Å². The summed E-state index contributed by atoms with van der Waals surface area (Å²) in [5, 5.41) is 7.29. The number of rotatable bonds is 4. The predicted molar refractivity (Wildman–Crippen MR) is 96.5 cm³/mol. The van der Waals surface area contributed by atoms with Crippen molar-refractivity contribution in [3.05, 3.63) is 71.6 Å². The van der Waals surface area contributed by atoms with Gasteiger partial charge in [-0.1, -0.05) is 17.7 Å². The lowest BCUT2D eigenvalue weighted by molar-refractivity contribution is 0.516. The normalized spacial score (nSPS) is 10.3. The van der Waals surface area contributed by atoms with E-state index in [4.69, 9.17) is 28.2 Å². The van der Waals surface area contributed by atoms with E-state index >= 15 is 0 Å². The number of thiocarbonyl (C=S) groups is 1. The van der Waals surface area contributed by atoms with Gasteiger partial charge in [0.15, 0.2) is 5.11 Å². The van der Waals surface area contributed by atoms with Crippen LogP contribution in [0.4, 0.5) is 5.82 Å². The number of pyridine rings is 1. The number of anilines is 1. The van der Waals surface area contributed by atoms with E-state index in [2.05, 4.69) is 15.6 Å². The minimum Gasteiger partial charge on any atom is -0.459 e. The number of hydrogen-bond acceptors (Lipinski definition) is 3. The highest BCUT2D eigenvalue weighted by Gasteiger charge is 2.05. The molecule has 23 heavy (non-hydrogen) atoms. The van der Waals surface area contributed by atoms with Gasteiger partial charge in [-0.05, 0) is 60.7 Å². The van der Waals surface area contributed by atoms with Crippen molar-refractivity contribution in [3.63, 3.8) is 0 Å². The van der Waals surface area contributed by atoms with E-state index in [9.17, 15) is 0 Å². The Morgan fingerprint density at radius 2 is 1.91 bits per heavy atom. The van der Waals surface area contributed by atoms with E-state index in [-0.39, 0.29) is 0 Å². The van der Waals surface area contributed by atoms with E-state index in [1.54, 1.807) is 6.20 Å². The highest BCUT2D eigenvalue weighted by molar-refractivity contribution is 7.80. The number of nitrogens with zero attached hydrogens (tertiary/aromatic N) is 1. The fourth-order valence-corrected chi connectivity index (χ4v) is 2.31. The molecular formula is C17H14ClN3OS. The maximum atomic E-state index is 5.89. The molecule has 0 saturated heterocycles. The zero-order valence-electron chi connectivity index (χ0n) is 12.1. The van der Waals surface area contributed by atoms with Gasteiger partial charge in [-0.25, -0.2) is 4.98 Å². The third kappa shape index (κ3) is 4.31. The van der Waals surface area contributed by atoms with Crippen molar-refractivity contribution < 1.29 is 4.42 Å². The molecule has 116 valence electrons. The molecule has 0 saturated carbocycles. The first-order chi connectivity index (χ1) is 11.2. The van der Waals surface area contributed by atoms with Gasteiger partial charge in [-0.15, -0.1) is 0 Å². The van der Waals surface area contributed by atoms with Crippen molar-refractivity contribution in [2.75, 3.05) is 5.32 Å². The third-order valence-corrected chi connectivity index (χ3v) is 3.62. The second-order valence-electron chi connectivity index (χ2n) is 4.80. The van der Waals surface area contributed by atoms with Crippen molar-refractivity contribution in [3.8, 4) is 11.3 Å². The average molecular weight is 344 g/mol. The first-order valence-corrected chi connectivity index (χ1v) is 7.80.